The van der Waals surface area contributed by atoms with E-state index in [4.69, 9.17) is 28.9 Å². The molecule has 3 N–H and O–H groups in total. The monoisotopic (exact) mass is 329 g/mol. The number of nitrogens with two attached hydrogens (primary N) is 1. The highest BCUT2D eigenvalue weighted by atomic mass is 35.5. The van der Waals surface area contributed by atoms with Gasteiger partial charge in [-0.3, -0.25) is 9.59 Å². The lowest BCUT2D eigenvalue weighted by Crippen LogP contribution is -2.37. The molecule has 0 saturated carbocycles. The van der Waals surface area contributed by atoms with Crippen molar-refractivity contribution in [2.75, 3.05) is 24.5 Å². The molecule has 1 heterocycles. The number of anilines is 1. The average Bonchev–Trinajstić information content (AvgIpc) is 2.83. The molecule has 0 bridgehead atoms. The Morgan fingerprint density at radius 1 is 1.43 bits per heavy atom. The fourth-order valence-corrected chi connectivity index (χ4v) is 2.68. The third-order valence-corrected chi connectivity index (χ3v) is 3.96. The van der Waals surface area contributed by atoms with Gasteiger partial charge in [0.25, 0.3) is 0 Å². The number of halogens is 2. The van der Waals surface area contributed by atoms with Crippen molar-refractivity contribution in [3.63, 3.8) is 0 Å². The van der Waals surface area contributed by atoms with Gasteiger partial charge >= 0.3 is 0 Å². The van der Waals surface area contributed by atoms with Crippen LogP contribution in [0.3, 0.4) is 0 Å². The Balaban J connectivity index is 2.07. The molecule has 1 fully saturated rings. The van der Waals surface area contributed by atoms with Gasteiger partial charge in [-0.15, -0.1) is 0 Å². The molecule has 1 aliphatic rings. The van der Waals surface area contributed by atoms with Crippen molar-refractivity contribution in [2.24, 2.45) is 11.7 Å². The molecule has 1 atom stereocenters. The molecule has 1 unspecified atom stereocenters. The molecule has 2 rings (SSSR count). The highest BCUT2D eigenvalue weighted by Crippen LogP contribution is 2.33. The van der Waals surface area contributed by atoms with Gasteiger partial charge in [-0.25, -0.2) is 0 Å². The summed E-state index contributed by atoms with van der Waals surface area (Å²) in [5, 5.41) is 3.67. The lowest BCUT2D eigenvalue weighted by atomic mass is 10.1. The zero-order valence-electron chi connectivity index (χ0n) is 11.4. The van der Waals surface area contributed by atoms with Gasteiger partial charge in [-0.05, 0) is 37.6 Å². The molecule has 0 spiro atoms. The van der Waals surface area contributed by atoms with Crippen molar-refractivity contribution >= 4 is 40.7 Å². The highest BCUT2D eigenvalue weighted by Gasteiger charge is 2.38. The minimum Gasteiger partial charge on any atom is -0.355 e. The van der Waals surface area contributed by atoms with Crippen LogP contribution in [-0.4, -0.2) is 31.4 Å². The van der Waals surface area contributed by atoms with Crippen molar-refractivity contribution in [2.45, 2.75) is 12.8 Å². The van der Waals surface area contributed by atoms with E-state index in [1.54, 1.807) is 18.2 Å². The lowest BCUT2D eigenvalue weighted by Gasteiger charge is -2.18. The topological polar surface area (TPSA) is 75.4 Å². The van der Waals surface area contributed by atoms with Crippen LogP contribution in [0.15, 0.2) is 18.2 Å². The van der Waals surface area contributed by atoms with Gasteiger partial charge in [0.2, 0.25) is 11.8 Å². The maximum Gasteiger partial charge on any atom is 0.239 e. The molecule has 21 heavy (non-hydrogen) atoms. The predicted molar refractivity (Wildman–Crippen MR) is 83.6 cm³/mol. The average molecular weight is 330 g/mol. The van der Waals surface area contributed by atoms with Crippen molar-refractivity contribution in [3.05, 3.63) is 28.2 Å². The lowest BCUT2D eigenvalue weighted by molar-refractivity contribution is -0.132. The third-order valence-electron chi connectivity index (χ3n) is 3.40. The Labute approximate surface area is 133 Å². The number of nitrogens with zero attached hydrogens (tertiary/aromatic N) is 1. The number of hydrogen-bond acceptors (Lipinski definition) is 3. The summed E-state index contributed by atoms with van der Waals surface area (Å²) in [5.41, 5.74) is 5.92. The van der Waals surface area contributed by atoms with Crippen LogP contribution < -0.4 is 16.0 Å². The zero-order chi connectivity index (χ0) is 15.4. The highest BCUT2D eigenvalue weighted by molar-refractivity contribution is 6.36. The minimum absolute atomic E-state index is 0.246. The second-order valence-corrected chi connectivity index (χ2v) is 5.70. The van der Waals surface area contributed by atoms with E-state index < -0.39 is 5.92 Å². The molecule has 114 valence electrons. The molecule has 7 heteroatoms. The van der Waals surface area contributed by atoms with Gasteiger partial charge in [0.05, 0.1) is 10.7 Å². The molecule has 0 radical (unpaired) electrons. The van der Waals surface area contributed by atoms with E-state index in [-0.39, 0.29) is 11.8 Å². The summed E-state index contributed by atoms with van der Waals surface area (Å²) in [4.78, 5) is 25.9. The van der Waals surface area contributed by atoms with Crippen molar-refractivity contribution in [1.29, 1.82) is 0 Å². The SMILES string of the molecule is NCCCNC(=O)C1CCN(c2cc(Cl)ccc2Cl)C1=O. The van der Waals surface area contributed by atoms with E-state index in [2.05, 4.69) is 5.32 Å². The quantitative estimate of drug-likeness (QED) is 0.639. The van der Waals surface area contributed by atoms with E-state index in [1.165, 1.54) is 4.90 Å². The fraction of sp³-hybridized carbons (Fsp3) is 0.429. The number of hydrogen-bond donors (Lipinski definition) is 2. The molecule has 1 aliphatic heterocycles. The summed E-state index contributed by atoms with van der Waals surface area (Å²) in [6, 6.07) is 4.93. The number of amides is 2. The van der Waals surface area contributed by atoms with Gasteiger partial charge in [-0.2, -0.15) is 0 Å². The summed E-state index contributed by atoms with van der Waals surface area (Å²) >= 11 is 12.0. The molecular formula is C14H17Cl2N3O2. The number of benzene rings is 1. The first-order valence-electron chi connectivity index (χ1n) is 6.79. The third kappa shape index (κ3) is 3.67. The molecule has 1 aromatic rings. The van der Waals surface area contributed by atoms with Crippen molar-refractivity contribution < 1.29 is 9.59 Å². The van der Waals surface area contributed by atoms with Gasteiger partial charge in [0.15, 0.2) is 0 Å². The standard InChI is InChI=1S/C14H17Cl2N3O2/c15-9-2-3-11(16)12(8-9)19-7-4-10(14(19)21)13(20)18-6-1-5-17/h2-3,8,10H,1,4-7,17H2,(H,18,20). The van der Waals surface area contributed by atoms with E-state index in [0.29, 0.717) is 48.2 Å². The van der Waals surface area contributed by atoms with Gasteiger partial charge in [0.1, 0.15) is 5.92 Å². The maximum absolute atomic E-state index is 12.4. The number of carbonyl (C=O) groups excluding carboxylic acids is 2. The van der Waals surface area contributed by atoms with Crippen LogP contribution in [0.4, 0.5) is 5.69 Å². The van der Waals surface area contributed by atoms with E-state index in [1.807, 2.05) is 0 Å². The smallest absolute Gasteiger partial charge is 0.239 e. The number of nitrogens with one attached hydrogen (secondary N) is 1. The van der Waals surface area contributed by atoms with Crippen LogP contribution in [0.25, 0.3) is 0 Å². The molecule has 5 nitrogen and oxygen atoms in total. The van der Waals surface area contributed by atoms with Crippen LogP contribution in [0.1, 0.15) is 12.8 Å². The van der Waals surface area contributed by atoms with E-state index in [0.717, 1.165) is 0 Å². The Bertz CT molecular complexity index is 551. The summed E-state index contributed by atoms with van der Waals surface area (Å²) in [7, 11) is 0. The Morgan fingerprint density at radius 2 is 2.19 bits per heavy atom. The number of carbonyl (C=O) groups is 2. The Hall–Kier alpha value is -1.30. The van der Waals surface area contributed by atoms with Gasteiger partial charge < -0.3 is 16.0 Å². The van der Waals surface area contributed by atoms with Crippen LogP contribution in [-0.2, 0) is 9.59 Å². The molecule has 0 aromatic heterocycles. The Morgan fingerprint density at radius 3 is 2.90 bits per heavy atom. The zero-order valence-corrected chi connectivity index (χ0v) is 13.0. The first kappa shape index (κ1) is 16.1. The molecule has 2 amide bonds. The minimum atomic E-state index is -0.669. The second-order valence-electron chi connectivity index (χ2n) is 4.86. The predicted octanol–water partition coefficient (Wildman–Crippen LogP) is 1.81. The van der Waals surface area contributed by atoms with Crippen LogP contribution in [0.2, 0.25) is 10.0 Å². The van der Waals surface area contributed by atoms with Crippen molar-refractivity contribution in [1.82, 2.24) is 5.32 Å². The molecule has 1 aromatic carbocycles. The summed E-state index contributed by atoms with van der Waals surface area (Å²) in [6.45, 7) is 1.44. The van der Waals surface area contributed by atoms with E-state index >= 15 is 0 Å². The summed E-state index contributed by atoms with van der Waals surface area (Å²) in [5.74, 6) is -1.17. The largest absolute Gasteiger partial charge is 0.355 e. The summed E-state index contributed by atoms with van der Waals surface area (Å²) < 4.78 is 0. The molecular weight excluding hydrogens is 313 g/mol. The first-order chi connectivity index (χ1) is 10.0. The van der Waals surface area contributed by atoms with E-state index in [9.17, 15) is 9.59 Å². The fourth-order valence-electron chi connectivity index (χ4n) is 2.29. The molecule has 1 saturated heterocycles. The number of rotatable bonds is 5. The van der Waals surface area contributed by atoms with Crippen LogP contribution in [0, 0.1) is 5.92 Å². The second kappa shape index (κ2) is 7.11. The van der Waals surface area contributed by atoms with Crippen molar-refractivity contribution in [3.8, 4) is 0 Å². The molecule has 0 aliphatic carbocycles. The first-order valence-corrected chi connectivity index (χ1v) is 7.54. The van der Waals surface area contributed by atoms with Crippen LogP contribution in [0.5, 0.6) is 0 Å². The Kier molecular flexibility index (Phi) is 5.45. The normalized spacial score (nSPS) is 18.1. The van der Waals surface area contributed by atoms with Crippen LogP contribution >= 0.6 is 23.2 Å². The van der Waals surface area contributed by atoms with Gasteiger partial charge in [-0.1, -0.05) is 23.2 Å². The van der Waals surface area contributed by atoms with Gasteiger partial charge in [0, 0.05) is 18.1 Å². The summed E-state index contributed by atoms with van der Waals surface area (Å²) in [6.07, 6.45) is 1.16. The maximum atomic E-state index is 12.4.